The Kier molecular flexibility index (Phi) is 3.06. The molecular formula is C13H12F3N3S. The first-order valence-corrected chi connectivity index (χ1v) is 7.02. The molecule has 0 fully saturated rings. The Labute approximate surface area is 118 Å². The van der Waals surface area contributed by atoms with Crippen LogP contribution in [0.15, 0.2) is 29.4 Å². The second kappa shape index (κ2) is 4.53. The Morgan fingerprint density at radius 1 is 1.40 bits per heavy atom. The number of nitrogens with zero attached hydrogens (tertiary/aromatic N) is 2. The average Bonchev–Trinajstić information content (AvgIpc) is 2.81. The molecule has 0 amide bonds. The highest BCUT2D eigenvalue weighted by Crippen LogP contribution is 2.40. The molecule has 7 heteroatoms. The first kappa shape index (κ1) is 13.5. The van der Waals surface area contributed by atoms with Gasteiger partial charge in [-0.1, -0.05) is 0 Å². The quantitative estimate of drug-likeness (QED) is 0.876. The zero-order valence-electron chi connectivity index (χ0n) is 10.6. The molecule has 2 N–H and O–H groups in total. The first-order valence-electron chi connectivity index (χ1n) is 6.04. The number of alkyl halides is 3. The van der Waals surface area contributed by atoms with Crippen LogP contribution in [-0.2, 0) is 11.9 Å². The normalized spacial score (nSPS) is 15.7. The molecular weight excluding hydrogens is 287 g/mol. The van der Waals surface area contributed by atoms with Crippen LogP contribution < -0.4 is 5.73 Å². The highest BCUT2D eigenvalue weighted by molar-refractivity contribution is 7.98. The van der Waals surface area contributed by atoms with Crippen LogP contribution in [-0.4, -0.2) is 9.55 Å². The minimum Gasteiger partial charge on any atom is -0.323 e. The average molecular weight is 299 g/mol. The van der Waals surface area contributed by atoms with Crippen LogP contribution in [0.25, 0.3) is 5.69 Å². The van der Waals surface area contributed by atoms with Crippen molar-refractivity contribution in [2.24, 2.45) is 5.73 Å². The molecule has 3 rings (SSSR count). The lowest BCUT2D eigenvalue weighted by Gasteiger charge is -2.21. The Hall–Kier alpha value is -1.47. The van der Waals surface area contributed by atoms with E-state index in [1.165, 1.54) is 23.9 Å². The topological polar surface area (TPSA) is 43.8 Å². The fourth-order valence-electron chi connectivity index (χ4n) is 2.27. The monoisotopic (exact) mass is 299 g/mol. The first-order chi connectivity index (χ1) is 9.38. The van der Waals surface area contributed by atoms with Crippen LogP contribution in [0, 0.1) is 0 Å². The maximum Gasteiger partial charge on any atom is 0.416 e. The van der Waals surface area contributed by atoms with Crippen molar-refractivity contribution in [1.82, 2.24) is 9.55 Å². The molecule has 0 bridgehead atoms. The summed E-state index contributed by atoms with van der Waals surface area (Å²) in [6.07, 6.45) is -2.69. The molecule has 0 saturated heterocycles. The van der Waals surface area contributed by atoms with Crippen molar-refractivity contribution in [3.63, 3.8) is 0 Å². The highest BCUT2D eigenvalue weighted by atomic mass is 32.2. The summed E-state index contributed by atoms with van der Waals surface area (Å²) in [4.78, 5) is 4.88. The second-order valence-electron chi connectivity index (χ2n) is 4.70. The molecule has 2 heterocycles. The van der Waals surface area contributed by atoms with E-state index in [0.29, 0.717) is 10.6 Å². The number of halogens is 3. The van der Waals surface area contributed by atoms with Crippen LogP contribution in [0.5, 0.6) is 0 Å². The third kappa shape index (κ3) is 2.10. The van der Waals surface area contributed by atoms with Crippen LogP contribution >= 0.6 is 11.8 Å². The molecule has 1 aliphatic heterocycles. The maximum absolute atomic E-state index is 12.7. The van der Waals surface area contributed by atoms with Crippen molar-refractivity contribution >= 4 is 11.8 Å². The number of hydrogen-bond donors (Lipinski definition) is 1. The largest absolute Gasteiger partial charge is 0.416 e. The highest BCUT2D eigenvalue weighted by Gasteiger charge is 2.32. The summed E-state index contributed by atoms with van der Waals surface area (Å²) < 4.78 is 40.0. The number of rotatable bonds is 1. The molecule has 3 nitrogen and oxygen atoms in total. The van der Waals surface area contributed by atoms with E-state index in [4.69, 9.17) is 5.73 Å². The molecule has 2 aromatic rings. The number of nitrogens with two attached hydrogens (primary N) is 1. The molecule has 1 atom stereocenters. The van der Waals surface area contributed by atoms with Gasteiger partial charge in [-0.2, -0.15) is 13.2 Å². The third-order valence-electron chi connectivity index (χ3n) is 3.24. The fourth-order valence-corrected chi connectivity index (χ4v) is 3.37. The van der Waals surface area contributed by atoms with Gasteiger partial charge in [0.05, 0.1) is 29.0 Å². The maximum atomic E-state index is 12.7. The van der Waals surface area contributed by atoms with Gasteiger partial charge in [0, 0.05) is 16.7 Å². The van der Waals surface area contributed by atoms with Crippen LogP contribution in [0.4, 0.5) is 13.2 Å². The van der Waals surface area contributed by atoms with Gasteiger partial charge in [-0.05, 0) is 25.1 Å². The van der Waals surface area contributed by atoms with Gasteiger partial charge in [-0.15, -0.1) is 11.8 Å². The standard InChI is InChI=1S/C13H12F3N3S/c1-7(17)12-10-5-20-11-4-8(13(14,15)16)2-3-9(11)19(10)6-18-12/h2-4,6-7H,5,17H2,1H3/t7-/m0/s1. The molecule has 106 valence electrons. The smallest absolute Gasteiger partial charge is 0.323 e. The molecule has 0 saturated carbocycles. The van der Waals surface area contributed by atoms with E-state index in [-0.39, 0.29) is 6.04 Å². The van der Waals surface area contributed by atoms with E-state index in [1.54, 1.807) is 6.33 Å². The summed E-state index contributed by atoms with van der Waals surface area (Å²) in [5.41, 5.74) is 7.70. The van der Waals surface area contributed by atoms with E-state index >= 15 is 0 Å². The van der Waals surface area contributed by atoms with E-state index in [2.05, 4.69) is 4.98 Å². The van der Waals surface area contributed by atoms with Gasteiger partial charge in [0.1, 0.15) is 0 Å². The summed E-state index contributed by atoms with van der Waals surface area (Å²) >= 11 is 1.38. The van der Waals surface area contributed by atoms with Gasteiger partial charge in [0.15, 0.2) is 0 Å². The van der Waals surface area contributed by atoms with Crippen molar-refractivity contribution in [3.05, 3.63) is 41.5 Å². The summed E-state index contributed by atoms with van der Waals surface area (Å²) in [6, 6.07) is 3.58. The van der Waals surface area contributed by atoms with E-state index < -0.39 is 11.7 Å². The van der Waals surface area contributed by atoms with Gasteiger partial charge in [-0.25, -0.2) is 4.98 Å². The van der Waals surface area contributed by atoms with E-state index in [1.807, 2.05) is 11.5 Å². The van der Waals surface area contributed by atoms with Crippen LogP contribution in [0.1, 0.15) is 29.9 Å². The Morgan fingerprint density at radius 2 is 2.15 bits per heavy atom. The summed E-state index contributed by atoms with van der Waals surface area (Å²) in [5.74, 6) is 0.575. The lowest BCUT2D eigenvalue weighted by molar-refractivity contribution is -0.137. The molecule has 1 aromatic carbocycles. The van der Waals surface area contributed by atoms with Crippen molar-refractivity contribution in [3.8, 4) is 5.69 Å². The minimum absolute atomic E-state index is 0.192. The van der Waals surface area contributed by atoms with Crippen molar-refractivity contribution < 1.29 is 13.2 Å². The van der Waals surface area contributed by atoms with E-state index in [0.717, 1.165) is 23.1 Å². The number of hydrogen-bond acceptors (Lipinski definition) is 3. The van der Waals surface area contributed by atoms with Crippen LogP contribution in [0.2, 0.25) is 0 Å². The van der Waals surface area contributed by atoms with Gasteiger partial charge >= 0.3 is 6.18 Å². The fraction of sp³-hybridized carbons (Fsp3) is 0.308. The number of fused-ring (bicyclic) bond motifs is 3. The lowest BCUT2D eigenvalue weighted by atomic mass is 10.1. The molecule has 1 aliphatic rings. The number of benzene rings is 1. The SMILES string of the molecule is C[C@H](N)c1ncn2c1CSc1cc(C(F)(F)F)ccc1-2. The molecule has 0 aliphatic carbocycles. The summed E-state index contributed by atoms with van der Waals surface area (Å²) in [7, 11) is 0. The number of aromatic nitrogens is 2. The van der Waals surface area contributed by atoms with Crippen molar-refractivity contribution in [2.45, 2.75) is 29.8 Å². The molecule has 0 radical (unpaired) electrons. The Balaban J connectivity index is 2.10. The molecule has 0 unspecified atom stereocenters. The number of imidazole rings is 1. The van der Waals surface area contributed by atoms with Crippen molar-refractivity contribution in [1.29, 1.82) is 0 Å². The molecule has 20 heavy (non-hydrogen) atoms. The molecule has 1 aromatic heterocycles. The predicted molar refractivity (Wildman–Crippen MR) is 70.7 cm³/mol. The molecule has 0 spiro atoms. The van der Waals surface area contributed by atoms with Crippen molar-refractivity contribution in [2.75, 3.05) is 0 Å². The Bertz CT molecular complexity index is 661. The zero-order chi connectivity index (χ0) is 14.5. The van der Waals surface area contributed by atoms with E-state index in [9.17, 15) is 13.2 Å². The zero-order valence-corrected chi connectivity index (χ0v) is 11.4. The Morgan fingerprint density at radius 3 is 2.80 bits per heavy atom. The minimum atomic E-state index is -4.32. The van der Waals surface area contributed by atoms with Gasteiger partial charge in [0.2, 0.25) is 0 Å². The summed E-state index contributed by atoms with van der Waals surface area (Å²) in [6.45, 7) is 1.84. The van der Waals surface area contributed by atoms with Crippen LogP contribution in [0.3, 0.4) is 0 Å². The van der Waals surface area contributed by atoms with Gasteiger partial charge in [-0.3, -0.25) is 0 Å². The van der Waals surface area contributed by atoms with Gasteiger partial charge < -0.3 is 10.3 Å². The third-order valence-corrected chi connectivity index (χ3v) is 4.30. The number of thioether (sulfide) groups is 1. The second-order valence-corrected chi connectivity index (χ2v) is 5.72. The predicted octanol–water partition coefficient (Wildman–Crippen LogP) is 3.52. The van der Waals surface area contributed by atoms with Gasteiger partial charge in [0.25, 0.3) is 0 Å². The lowest BCUT2D eigenvalue weighted by Crippen LogP contribution is -2.13. The summed E-state index contributed by atoms with van der Waals surface area (Å²) in [5, 5.41) is 0.